The molecule has 1 aliphatic heterocycles. The molecule has 3 heterocycles. The van der Waals surface area contributed by atoms with Crippen LogP contribution in [0.2, 0.25) is 5.02 Å². The minimum atomic E-state index is -3.53. The number of halogens is 1. The predicted molar refractivity (Wildman–Crippen MR) is 128 cm³/mol. The maximum atomic E-state index is 13.2. The number of anilines is 2. The molecule has 4 rings (SSSR count). The molecular weight excluding hydrogens is 482 g/mol. The number of rotatable bonds is 6. The average Bonchev–Trinajstić information content (AvgIpc) is 3.24. The van der Waals surface area contributed by atoms with E-state index in [4.69, 9.17) is 16.3 Å². The Balaban J connectivity index is 1.65. The molecule has 0 aliphatic carbocycles. The van der Waals surface area contributed by atoms with Crippen molar-refractivity contribution < 1.29 is 22.7 Å². The van der Waals surface area contributed by atoms with Crippen LogP contribution >= 0.6 is 11.6 Å². The molecule has 10 nitrogen and oxygen atoms in total. The number of aromatic nitrogens is 2. The smallest absolute Gasteiger partial charge is 0.271 e. The van der Waals surface area contributed by atoms with Gasteiger partial charge in [0.2, 0.25) is 10.0 Å². The van der Waals surface area contributed by atoms with Gasteiger partial charge in [-0.25, -0.2) is 13.4 Å². The maximum absolute atomic E-state index is 13.2. The first-order valence-electron chi connectivity index (χ1n) is 10.3. The molecule has 0 saturated carbocycles. The zero-order valence-corrected chi connectivity index (χ0v) is 19.8. The van der Waals surface area contributed by atoms with Crippen LogP contribution in [0.15, 0.2) is 54.9 Å². The first kappa shape index (κ1) is 23.7. The van der Waals surface area contributed by atoms with E-state index < -0.39 is 15.9 Å². The highest BCUT2D eigenvalue weighted by molar-refractivity contribution is 7.92. The number of carbonyl (C=O) groups excluding carboxylic acids is 2. The number of hydrogen-bond donors (Lipinski definition) is 2. The van der Waals surface area contributed by atoms with E-state index in [1.807, 2.05) is 0 Å². The van der Waals surface area contributed by atoms with Gasteiger partial charge in [-0.2, -0.15) is 0 Å². The van der Waals surface area contributed by atoms with Gasteiger partial charge in [-0.3, -0.25) is 18.9 Å². The number of hydrogen-bond acceptors (Lipinski definition) is 6. The highest BCUT2D eigenvalue weighted by atomic mass is 35.5. The molecule has 1 aliphatic rings. The summed E-state index contributed by atoms with van der Waals surface area (Å²) in [5.41, 5.74) is 1.01. The van der Waals surface area contributed by atoms with E-state index in [2.05, 4.69) is 15.0 Å². The van der Waals surface area contributed by atoms with E-state index in [0.717, 1.165) is 6.26 Å². The fourth-order valence-corrected chi connectivity index (χ4v) is 4.29. The summed E-state index contributed by atoms with van der Waals surface area (Å²) in [6.45, 7) is 1.79. The Kier molecular flexibility index (Phi) is 6.87. The van der Waals surface area contributed by atoms with Gasteiger partial charge < -0.3 is 15.0 Å². The third-order valence-corrected chi connectivity index (χ3v) is 5.78. The van der Waals surface area contributed by atoms with Crippen LogP contribution in [-0.4, -0.2) is 67.2 Å². The van der Waals surface area contributed by atoms with Crippen molar-refractivity contribution in [2.24, 2.45) is 0 Å². The SMILES string of the molecule is CS(=O)(=O)Nc1cc(Cl)cc(NC(=O)c2cc(C(=O)N3CCOCC3)n(-c3ccccn3)c2)c1. The number of ether oxygens (including phenoxy) is 1. The van der Waals surface area contributed by atoms with Crippen molar-refractivity contribution in [2.45, 2.75) is 0 Å². The summed E-state index contributed by atoms with van der Waals surface area (Å²) in [6, 6.07) is 11.1. The first-order chi connectivity index (χ1) is 16.2. The van der Waals surface area contributed by atoms with Crippen LogP contribution in [0.3, 0.4) is 0 Å². The molecule has 1 fully saturated rings. The molecule has 178 valence electrons. The van der Waals surface area contributed by atoms with Gasteiger partial charge in [0.1, 0.15) is 11.5 Å². The predicted octanol–water partition coefficient (Wildman–Crippen LogP) is 2.62. The van der Waals surface area contributed by atoms with E-state index in [-0.39, 0.29) is 33.6 Å². The second-order valence-corrected chi connectivity index (χ2v) is 9.82. The minimum Gasteiger partial charge on any atom is -0.378 e. The van der Waals surface area contributed by atoms with Crippen LogP contribution in [0, 0.1) is 0 Å². The normalized spacial score (nSPS) is 14.0. The first-order valence-corrected chi connectivity index (χ1v) is 12.6. The number of carbonyl (C=O) groups is 2. The second kappa shape index (κ2) is 9.84. The summed E-state index contributed by atoms with van der Waals surface area (Å²) in [5.74, 6) is -0.255. The molecule has 2 aromatic heterocycles. The number of morpholine rings is 1. The number of amides is 2. The Morgan fingerprint density at radius 2 is 1.82 bits per heavy atom. The van der Waals surface area contributed by atoms with E-state index in [9.17, 15) is 18.0 Å². The van der Waals surface area contributed by atoms with E-state index >= 15 is 0 Å². The van der Waals surface area contributed by atoms with Gasteiger partial charge in [0.05, 0.1) is 30.7 Å². The fraction of sp³-hybridized carbons (Fsp3) is 0.227. The zero-order valence-electron chi connectivity index (χ0n) is 18.2. The number of nitrogens with one attached hydrogen (secondary N) is 2. The molecule has 0 bridgehead atoms. The molecule has 0 atom stereocenters. The lowest BCUT2D eigenvalue weighted by molar-refractivity contribution is 0.0297. The molecule has 1 saturated heterocycles. The summed E-state index contributed by atoms with van der Waals surface area (Å²) < 4.78 is 32.3. The Hall–Kier alpha value is -3.41. The van der Waals surface area contributed by atoms with Gasteiger partial charge in [-0.15, -0.1) is 0 Å². The molecule has 34 heavy (non-hydrogen) atoms. The highest BCUT2D eigenvalue weighted by Gasteiger charge is 2.25. The molecule has 3 aromatic rings. The van der Waals surface area contributed by atoms with Crippen LogP contribution in [0.4, 0.5) is 11.4 Å². The quantitative estimate of drug-likeness (QED) is 0.533. The lowest BCUT2D eigenvalue weighted by Gasteiger charge is -2.27. The van der Waals surface area contributed by atoms with Crippen molar-refractivity contribution in [3.8, 4) is 5.82 Å². The molecule has 1 aromatic carbocycles. The molecule has 0 spiro atoms. The summed E-state index contributed by atoms with van der Waals surface area (Å²) in [6.07, 6.45) is 4.14. The molecule has 0 radical (unpaired) electrons. The standard InChI is InChI=1S/C22H22ClN5O5S/c1-34(31,32)26-18-12-16(23)11-17(13-18)25-21(29)15-10-19(22(30)27-6-8-33-9-7-27)28(14-15)20-4-2-3-5-24-20/h2-5,10-14,26H,6-9H2,1H3,(H,25,29). The molecule has 2 amide bonds. The van der Waals surface area contributed by atoms with Crippen LogP contribution in [0.1, 0.15) is 20.8 Å². The second-order valence-electron chi connectivity index (χ2n) is 7.63. The topological polar surface area (TPSA) is 123 Å². The van der Waals surface area contributed by atoms with Gasteiger partial charge in [-0.05, 0) is 36.4 Å². The van der Waals surface area contributed by atoms with Gasteiger partial charge >= 0.3 is 0 Å². The van der Waals surface area contributed by atoms with Gasteiger partial charge in [0.25, 0.3) is 11.8 Å². The van der Waals surface area contributed by atoms with Crippen LogP contribution < -0.4 is 10.0 Å². The summed E-state index contributed by atoms with van der Waals surface area (Å²) in [4.78, 5) is 32.2. The van der Waals surface area contributed by atoms with Gasteiger partial charge in [0, 0.05) is 36.2 Å². The minimum absolute atomic E-state index is 0.208. The average molecular weight is 504 g/mol. The molecular formula is C22H22ClN5O5S. The van der Waals surface area contributed by atoms with Crippen molar-refractivity contribution in [3.05, 3.63) is 71.1 Å². The largest absolute Gasteiger partial charge is 0.378 e. The molecule has 0 unspecified atom stereocenters. The Morgan fingerprint density at radius 1 is 1.09 bits per heavy atom. The molecule has 2 N–H and O–H groups in total. The Bertz CT molecular complexity index is 1320. The van der Waals surface area contributed by atoms with Gasteiger partial charge in [-0.1, -0.05) is 17.7 Å². The van der Waals surface area contributed by atoms with E-state index in [0.29, 0.717) is 32.1 Å². The Morgan fingerprint density at radius 3 is 2.50 bits per heavy atom. The number of benzene rings is 1. The van der Waals surface area contributed by atoms with Crippen LogP contribution in [0.25, 0.3) is 5.82 Å². The summed E-state index contributed by atoms with van der Waals surface area (Å²) >= 11 is 6.09. The maximum Gasteiger partial charge on any atom is 0.271 e. The van der Waals surface area contributed by atoms with Crippen molar-refractivity contribution in [2.75, 3.05) is 42.6 Å². The number of nitrogens with zero attached hydrogens (tertiary/aromatic N) is 3. The lowest BCUT2D eigenvalue weighted by Crippen LogP contribution is -2.41. The number of sulfonamides is 1. The van der Waals surface area contributed by atoms with Crippen molar-refractivity contribution >= 4 is 44.8 Å². The number of pyridine rings is 1. The van der Waals surface area contributed by atoms with Crippen LogP contribution in [0.5, 0.6) is 0 Å². The summed E-state index contributed by atoms with van der Waals surface area (Å²) in [7, 11) is -3.53. The lowest BCUT2D eigenvalue weighted by atomic mass is 10.2. The van der Waals surface area contributed by atoms with Crippen LogP contribution in [-0.2, 0) is 14.8 Å². The zero-order chi connectivity index (χ0) is 24.3. The van der Waals surface area contributed by atoms with E-state index in [1.165, 1.54) is 30.5 Å². The fourth-order valence-electron chi connectivity index (χ4n) is 3.50. The van der Waals surface area contributed by atoms with Gasteiger partial charge in [0.15, 0.2) is 0 Å². The highest BCUT2D eigenvalue weighted by Crippen LogP contribution is 2.25. The third kappa shape index (κ3) is 5.74. The monoisotopic (exact) mass is 503 g/mol. The third-order valence-electron chi connectivity index (χ3n) is 4.95. The van der Waals surface area contributed by atoms with E-state index in [1.54, 1.807) is 33.9 Å². The molecule has 12 heteroatoms. The Labute approximate surface area is 201 Å². The van der Waals surface area contributed by atoms with Crippen molar-refractivity contribution in [1.82, 2.24) is 14.5 Å². The summed E-state index contributed by atoms with van der Waals surface area (Å²) in [5, 5.41) is 2.93. The van der Waals surface area contributed by atoms with Crippen molar-refractivity contribution in [3.63, 3.8) is 0 Å². The van der Waals surface area contributed by atoms with Crippen molar-refractivity contribution in [1.29, 1.82) is 0 Å².